The molecule has 0 fully saturated rings. The minimum Gasteiger partial charge on any atom is -0.480 e. The van der Waals surface area contributed by atoms with Crippen LogP contribution < -0.4 is 5.73 Å². The molecule has 0 aliphatic rings. The molecule has 1 atom stereocenters. The highest BCUT2D eigenvalue weighted by molar-refractivity contribution is 5.73. The Kier molecular flexibility index (Phi) is 2.82. The number of benzene rings is 1. The van der Waals surface area contributed by atoms with E-state index in [-0.39, 0.29) is 0 Å². The van der Waals surface area contributed by atoms with E-state index in [2.05, 4.69) is 0 Å². The summed E-state index contributed by atoms with van der Waals surface area (Å²) in [4.78, 5) is 10.4. The third-order valence-corrected chi connectivity index (χ3v) is 1.62. The maximum absolute atomic E-state index is 10.4. The molecule has 3 N–H and O–H groups in total. The number of hydrogen-bond acceptors (Lipinski definition) is 2. The zero-order valence-electron chi connectivity index (χ0n) is 6.60. The van der Waals surface area contributed by atoms with Gasteiger partial charge >= 0.3 is 5.97 Å². The topological polar surface area (TPSA) is 63.3 Å². The summed E-state index contributed by atoms with van der Waals surface area (Å²) in [6, 6.07) is 8.54. The molecule has 0 heterocycles. The average Bonchev–Trinajstić information content (AvgIpc) is 2.06. The second-order valence-corrected chi connectivity index (χ2v) is 2.63. The summed E-state index contributed by atoms with van der Waals surface area (Å²) >= 11 is 0. The van der Waals surface area contributed by atoms with E-state index in [1.807, 2.05) is 30.3 Å². The smallest absolute Gasteiger partial charge is 0.320 e. The molecular formula is C9H11NO2. The molecule has 64 valence electrons. The zero-order valence-corrected chi connectivity index (χ0v) is 6.60. The molecule has 0 bridgehead atoms. The molecule has 3 nitrogen and oxygen atoms in total. The Bertz CT molecular complexity index is 258. The lowest BCUT2D eigenvalue weighted by Crippen LogP contribution is -2.32. The standard InChI is InChI=1S/C9H11NO2/c10-8(9(11)12)6-7-4-2-1-3-5-7/h1-5,8H,6,10H2,(H,11,12)/t8-/m0/s1/i2+2. The van der Waals surface area contributed by atoms with Gasteiger partial charge in [-0.15, -0.1) is 0 Å². The quantitative estimate of drug-likeness (QED) is 0.694. The van der Waals surface area contributed by atoms with Gasteiger partial charge in [0.15, 0.2) is 0 Å². The first kappa shape index (κ1) is 8.74. The van der Waals surface area contributed by atoms with Crippen LogP contribution in [0.4, 0.5) is 0 Å². The van der Waals surface area contributed by atoms with Gasteiger partial charge in [-0.25, -0.2) is 0 Å². The Balaban J connectivity index is 2.58. The van der Waals surface area contributed by atoms with Crippen molar-refractivity contribution in [3.05, 3.63) is 35.9 Å². The molecule has 0 aromatic heterocycles. The number of hydrogen-bond donors (Lipinski definition) is 2. The summed E-state index contributed by atoms with van der Waals surface area (Å²) in [5.74, 6) is -0.959. The molecule has 0 amide bonds. The fraction of sp³-hybridized carbons (Fsp3) is 0.222. The number of rotatable bonds is 3. The predicted octanol–water partition coefficient (Wildman–Crippen LogP) is 0.641. The highest BCUT2D eigenvalue weighted by Crippen LogP contribution is 2.01. The van der Waals surface area contributed by atoms with Crippen LogP contribution >= 0.6 is 0 Å². The third kappa shape index (κ3) is 2.36. The number of aliphatic carboxylic acids is 1. The van der Waals surface area contributed by atoms with E-state index >= 15 is 0 Å². The zero-order chi connectivity index (χ0) is 8.97. The lowest BCUT2D eigenvalue weighted by atomic mass is 10.1. The second-order valence-electron chi connectivity index (χ2n) is 2.63. The van der Waals surface area contributed by atoms with Gasteiger partial charge in [0.25, 0.3) is 0 Å². The van der Waals surface area contributed by atoms with Crippen LogP contribution in [0, 0.1) is 0 Å². The van der Waals surface area contributed by atoms with E-state index in [0.717, 1.165) is 5.56 Å². The predicted molar refractivity (Wildman–Crippen MR) is 45.8 cm³/mol. The Morgan fingerprint density at radius 1 is 1.75 bits per heavy atom. The van der Waals surface area contributed by atoms with Crippen LogP contribution in [0.25, 0.3) is 0 Å². The van der Waals surface area contributed by atoms with Crippen molar-refractivity contribution in [2.24, 2.45) is 5.73 Å². The van der Waals surface area contributed by atoms with Gasteiger partial charge in [-0.3, -0.25) is 4.79 Å². The van der Waals surface area contributed by atoms with E-state index < -0.39 is 12.0 Å². The van der Waals surface area contributed by atoms with Gasteiger partial charge in [0.1, 0.15) is 6.04 Å². The van der Waals surface area contributed by atoms with Crippen molar-refractivity contribution in [3.63, 3.8) is 0 Å². The maximum atomic E-state index is 10.4. The summed E-state index contributed by atoms with van der Waals surface area (Å²) in [7, 11) is 0. The van der Waals surface area contributed by atoms with Gasteiger partial charge < -0.3 is 10.8 Å². The van der Waals surface area contributed by atoms with Crippen molar-refractivity contribution in [1.29, 1.82) is 0 Å². The van der Waals surface area contributed by atoms with Crippen LogP contribution in [0.2, 0.25) is 0 Å². The molecule has 1 rings (SSSR count). The van der Waals surface area contributed by atoms with Gasteiger partial charge in [-0.05, 0) is 12.0 Å². The summed E-state index contributed by atoms with van der Waals surface area (Å²) in [5, 5.41) is 8.52. The van der Waals surface area contributed by atoms with Gasteiger partial charge in [0.2, 0.25) is 0 Å². The first-order chi connectivity index (χ1) is 5.70. The Labute approximate surface area is 70.8 Å². The molecule has 1 aromatic rings. The largest absolute Gasteiger partial charge is 0.480 e. The summed E-state index contributed by atoms with van der Waals surface area (Å²) in [6.45, 7) is 0. The van der Waals surface area contributed by atoms with E-state index in [1.165, 1.54) is 0 Å². The number of nitrogens with two attached hydrogens (primary N) is 1. The van der Waals surface area contributed by atoms with Crippen LogP contribution in [0.15, 0.2) is 30.3 Å². The van der Waals surface area contributed by atoms with E-state index in [9.17, 15) is 4.79 Å². The fourth-order valence-corrected chi connectivity index (χ4v) is 0.955. The normalized spacial score (nSPS) is 12.4. The lowest BCUT2D eigenvalue weighted by molar-refractivity contribution is -0.138. The molecule has 0 unspecified atom stereocenters. The van der Waals surface area contributed by atoms with Crippen molar-refractivity contribution in [1.82, 2.24) is 0 Å². The van der Waals surface area contributed by atoms with Crippen LogP contribution in [-0.2, 0) is 11.2 Å². The Morgan fingerprint density at radius 3 is 3.00 bits per heavy atom. The van der Waals surface area contributed by atoms with Crippen LogP contribution in [0.3, 0.4) is 0 Å². The third-order valence-electron chi connectivity index (χ3n) is 1.62. The van der Waals surface area contributed by atoms with Crippen molar-refractivity contribution in [2.75, 3.05) is 0 Å². The van der Waals surface area contributed by atoms with Crippen molar-refractivity contribution in [3.8, 4) is 0 Å². The molecule has 12 heavy (non-hydrogen) atoms. The van der Waals surface area contributed by atoms with Gasteiger partial charge in [0, 0.05) is 0 Å². The average molecular weight is 167 g/mol. The fourth-order valence-electron chi connectivity index (χ4n) is 0.955. The van der Waals surface area contributed by atoms with Gasteiger partial charge in [-0.2, -0.15) is 0 Å². The summed E-state index contributed by atoms with van der Waals surface area (Å²) in [5.41, 5.74) is 6.30. The highest BCUT2D eigenvalue weighted by Gasteiger charge is 2.10. The van der Waals surface area contributed by atoms with Crippen LogP contribution in [0.1, 0.15) is 5.56 Å². The molecule has 0 saturated heterocycles. The SMILES string of the molecule is N[C@@H](Cc1ccc[14cH]c1)C(=O)O. The molecular weight excluding hydrogens is 156 g/mol. The molecule has 0 aliphatic carbocycles. The minimum atomic E-state index is -0.959. The molecule has 0 radical (unpaired) electrons. The summed E-state index contributed by atoms with van der Waals surface area (Å²) < 4.78 is 0. The maximum Gasteiger partial charge on any atom is 0.320 e. The summed E-state index contributed by atoms with van der Waals surface area (Å²) in [6.07, 6.45) is 0.385. The van der Waals surface area contributed by atoms with E-state index in [1.54, 1.807) is 0 Å². The number of carboxylic acids is 1. The molecule has 3 heteroatoms. The Hall–Kier alpha value is -1.35. The van der Waals surface area contributed by atoms with E-state index in [0.29, 0.717) is 6.42 Å². The monoisotopic (exact) mass is 167 g/mol. The van der Waals surface area contributed by atoms with Crippen LogP contribution in [-0.4, -0.2) is 17.1 Å². The minimum absolute atomic E-state index is 0.385. The molecule has 0 saturated carbocycles. The number of carbonyl (C=O) groups is 1. The van der Waals surface area contributed by atoms with Crippen molar-refractivity contribution >= 4 is 5.97 Å². The molecule has 1 aromatic carbocycles. The van der Waals surface area contributed by atoms with Crippen molar-refractivity contribution < 1.29 is 9.90 Å². The van der Waals surface area contributed by atoms with Crippen LogP contribution in [0.5, 0.6) is 0 Å². The highest BCUT2D eigenvalue weighted by atomic mass is 16.4. The second kappa shape index (κ2) is 3.88. The van der Waals surface area contributed by atoms with Crippen molar-refractivity contribution in [2.45, 2.75) is 12.5 Å². The molecule has 0 spiro atoms. The number of carboxylic acid groups (broad SMARTS) is 1. The first-order valence-electron chi connectivity index (χ1n) is 3.72. The van der Waals surface area contributed by atoms with E-state index in [4.69, 9.17) is 10.8 Å². The molecule has 0 aliphatic heterocycles. The Morgan fingerprint density at radius 2 is 2.50 bits per heavy atom. The van der Waals surface area contributed by atoms with Gasteiger partial charge in [0.05, 0.1) is 0 Å². The lowest BCUT2D eigenvalue weighted by Gasteiger charge is -2.04. The first-order valence-corrected chi connectivity index (χ1v) is 3.72. The van der Waals surface area contributed by atoms with Gasteiger partial charge in [-0.1, -0.05) is 30.3 Å².